The molecule has 2 aromatic carbocycles. The van der Waals surface area contributed by atoms with Gasteiger partial charge in [-0.15, -0.1) is 0 Å². The van der Waals surface area contributed by atoms with Crippen molar-refractivity contribution in [3.05, 3.63) is 74.8 Å². The summed E-state index contributed by atoms with van der Waals surface area (Å²) in [5, 5.41) is 3.89. The van der Waals surface area contributed by atoms with Crippen LogP contribution in [0.25, 0.3) is 10.9 Å². The highest BCUT2D eigenvalue weighted by Gasteiger charge is 2.14. The molecule has 6 heteroatoms. The summed E-state index contributed by atoms with van der Waals surface area (Å²) in [4.78, 5) is 31.5. The molecule has 0 saturated heterocycles. The molecule has 4 rings (SSSR count). The molecule has 0 unspecified atom stereocenters. The van der Waals surface area contributed by atoms with Crippen LogP contribution in [0.5, 0.6) is 0 Å². The van der Waals surface area contributed by atoms with Gasteiger partial charge in [0.2, 0.25) is 0 Å². The van der Waals surface area contributed by atoms with Crippen LogP contribution in [-0.4, -0.2) is 23.0 Å². The molecule has 0 bridgehead atoms. The molecule has 1 aliphatic carbocycles. The van der Waals surface area contributed by atoms with E-state index < -0.39 is 5.97 Å². The highest BCUT2D eigenvalue weighted by atomic mass is 16.5. The average molecular weight is 391 g/mol. The Balaban J connectivity index is 1.53. The second-order valence-corrected chi connectivity index (χ2v) is 7.57. The van der Waals surface area contributed by atoms with Gasteiger partial charge in [-0.3, -0.25) is 4.79 Å². The summed E-state index contributed by atoms with van der Waals surface area (Å²) in [6.07, 6.45) is 4.86. The third kappa shape index (κ3) is 4.07. The summed E-state index contributed by atoms with van der Waals surface area (Å²) in [6, 6.07) is 11.6. The quantitative estimate of drug-likeness (QED) is 0.651. The number of nitrogens with one attached hydrogen (secondary N) is 2. The van der Waals surface area contributed by atoms with Crippen molar-refractivity contribution >= 4 is 16.9 Å². The van der Waals surface area contributed by atoms with Crippen molar-refractivity contribution < 1.29 is 9.53 Å². The van der Waals surface area contributed by atoms with Crippen LogP contribution in [0.1, 0.15) is 58.7 Å². The van der Waals surface area contributed by atoms with Crippen LogP contribution in [-0.2, 0) is 24.1 Å². The number of carbonyl (C=O) groups is 1. The number of methoxy groups -OCH3 is 1. The van der Waals surface area contributed by atoms with Crippen LogP contribution >= 0.6 is 0 Å². The first-order valence-electron chi connectivity index (χ1n) is 10.0. The van der Waals surface area contributed by atoms with Crippen molar-refractivity contribution in [2.75, 3.05) is 7.11 Å². The molecular formula is C23H25N3O3. The molecule has 29 heavy (non-hydrogen) atoms. The lowest BCUT2D eigenvalue weighted by molar-refractivity contribution is 0.0601. The first kappa shape index (κ1) is 19.3. The van der Waals surface area contributed by atoms with Gasteiger partial charge in [-0.05, 0) is 67.5 Å². The lowest BCUT2D eigenvalue weighted by Crippen LogP contribution is -2.22. The first-order valence-corrected chi connectivity index (χ1v) is 10.0. The summed E-state index contributed by atoms with van der Waals surface area (Å²) in [5.41, 5.74) is 4.80. The van der Waals surface area contributed by atoms with Crippen LogP contribution in [0.3, 0.4) is 0 Å². The Labute approximate surface area is 169 Å². The van der Waals surface area contributed by atoms with E-state index in [1.165, 1.54) is 43.1 Å². The predicted octanol–water partition coefficient (Wildman–Crippen LogP) is 3.44. The fourth-order valence-corrected chi connectivity index (χ4v) is 3.91. The van der Waals surface area contributed by atoms with Gasteiger partial charge in [0.15, 0.2) is 0 Å². The van der Waals surface area contributed by atoms with Crippen molar-refractivity contribution in [3.8, 4) is 0 Å². The van der Waals surface area contributed by atoms with Crippen LogP contribution in [0.2, 0.25) is 0 Å². The van der Waals surface area contributed by atoms with Crippen molar-refractivity contribution in [1.82, 2.24) is 15.3 Å². The minimum Gasteiger partial charge on any atom is -0.465 e. The second kappa shape index (κ2) is 8.17. The van der Waals surface area contributed by atoms with Crippen molar-refractivity contribution in [3.63, 3.8) is 0 Å². The van der Waals surface area contributed by atoms with Crippen LogP contribution in [0, 0.1) is 0 Å². The highest BCUT2D eigenvalue weighted by Crippen LogP contribution is 2.25. The topological polar surface area (TPSA) is 84.1 Å². The van der Waals surface area contributed by atoms with Crippen LogP contribution in [0.15, 0.2) is 41.2 Å². The van der Waals surface area contributed by atoms with E-state index in [0.29, 0.717) is 28.8 Å². The standard InChI is InChI=1S/C23H25N3O3/c1-14(16-8-7-15-5-3-4-6-17(15)11-16)24-13-21-25-20-12-18(23(28)29-2)9-10-19(20)22(27)26-21/h7-12,14,24H,3-6,13H2,1-2H3,(H,25,26,27)/t14-/m1/s1. The van der Waals surface area contributed by atoms with Gasteiger partial charge in [0.05, 0.1) is 30.1 Å². The number of carbonyl (C=O) groups excluding carboxylic acids is 1. The van der Waals surface area contributed by atoms with Gasteiger partial charge < -0.3 is 15.0 Å². The smallest absolute Gasteiger partial charge is 0.337 e. The normalized spacial score (nSPS) is 14.4. The molecular weight excluding hydrogens is 366 g/mol. The molecule has 0 amide bonds. The minimum absolute atomic E-state index is 0.129. The van der Waals surface area contributed by atoms with Crippen LogP contribution in [0.4, 0.5) is 0 Å². The SMILES string of the molecule is COC(=O)c1ccc2c(=O)[nH]c(CN[C@H](C)c3ccc4c(c3)CCCC4)nc2c1. The summed E-state index contributed by atoms with van der Waals surface area (Å²) in [6.45, 7) is 2.53. The van der Waals surface area contributed by atoms with Crippen molar-refractivity contribution in [1.29, 1.82) is 0 Å². The molecule has 1 aliphatic rings. The number of rotatable bonds is 5. The zero-order valence-corrected chi connectivity index (χ0v) is 16.7. The van der Waals surface area contributed by atoms with Gasteiger partial charge in [-0.25, -0.2) is 9.78 Å². The van der Waals surface area contributed by atoms with Crippen molar-refractivity contribution in [2.24, 2.45) is 0 Å². The number of aryl methyl sites for hydroxylation is 2. The second-order valence-electron chi connectivity index (χ2n) is 7.57. The zero-order chi connectivity index (χ0) is 20.4. The summed E-state index contributed by atoms with van der Waals surface area (Å²) >= 11 is 0. The van der Waals surface area contributed by atoms with E-state index in [-0.39, 0.29) is 11.6 Å². The lowest BCUT2D eigenvalue weighted by atomic mass is 9.89. The largest absolute Gasteiger partial charge is 0.465 e. The Morgan fingerprint density at radius 2 is 1.97 bits per heavy atom. The number of esters is 1. The number of hydrogen-bond donors (Lipinski definition) is 2. The number of hydrogen-bond acceptors (Lipinski definition) is 5. The zero-order valence-electron chi connectivity index (χ0n) is 16.7. The number of H-pyrrole nitrogens is 1. The number of aromatic amines is 1. The molecule has 0 radical (unpaired) electrons. The van der Waals surface area contributed by atoms with E-state index >= 15 is 0 Å². The molecule has 0 spiro atoms. The lowest BCUT2D eigenvalue weighted by Gasteiger charge is -2.20. The number of benzene rings is 2. The Morgan fingerprint density at radius 1 is 1.17 bits per heavy atom. The van der Waals surface area contributed by atoms with Crippen LogP contribution < -0.4 is 10.9 Å². The Kier molecular flexibility index (Phi) is 5.45. The fourth-order valence-electron chi connectivity index (χ4n) is 3.91. The molecule has 1 atom stereocenters. The molecule has 6 nitrogen and oxygen atoms in total. The Bertz CT molecular complexity index is 1120. The molecule has 3 aromatic rings. The maximum Gasteiger partial charge on any atom is 0.337 e. The van der Waals surface area contributed by atoms with Gasteiger partial charge >= 0.3 is 5.97 Å². The maximum atomic E-state index is 12.4. The van der Waals surface area contributed by atoms with Gasteiger partial charge in [0, 0.05) is 6.04 Å². The number of nitrogens with zero attached hydrogens (tertiary/aromatic N) is 1. The first-order chi connectivity index (χ1) is 14.0. The molecule has 2 N–H and O–H groups in total. The Hall–Kier alpha value is -2.99. The maximum absolute atomic E-state index is 12.4. The highest BCUT2D eigenvalue weighted by molar-refractivity contribution is 5.93. The molecule has 1 aromatic heterocycles. The van der Waals surface area contributed by atoms with E-state index in [1.807, 2.05) is 0 Å². The van der Waals surface area contributed by atoms with E-state index in [0.717, 1.165) is 6.42 Å². The molecule has 150 valence electrons. The summed E-state index contributed by atoms with van der Waals surface area (Å²) in [7, 11) is 1.33. The van der Waals surface area contributed by atoms with Crippen molar-refractivity contribution in [2.45, 2.75) is 45.2 Å². The van der Waals surface area contributed by atoms with Gasteiger partial charge in [0.25, 0.3) is 5.56 Å². The Morgan fingerprint density at radius 3 is 2.76 bits per heavy atom. The molecule has 0 saturated carbocycles. The van der Waals surface area contributed by atoms with E-state index in [4.69, 9.17) is 4.74 Å². The average Bonchev–Trinajstić information content (AvgIpc) is 2.76. The molecule has 0 aliphatic heterocycles. The van der Waals surface area contributed by atoms with E-state index in [2.05, 4.69) is 40.4 Å². The number of aromatic nitrogens is 2. The monoisotopic (exact) mass is 391 g/mol. The fraction of sp³-hybridized carbons (Fsp3) is 0.348. The van der Waals surface area contributed by atoms with E-state index in [9.17, 15) is 9.59 Å². The van der Waals surface area contributed by atoms with E-state index in [1.54, 1.807) is 18.2 Å². The number of ether oxygens (including phenoxy) is 1. The summed E-state index contributed by atoms with van der Waals surface area (Å²) in [5.74, 6) is 0.0871. The predicted molar refractivity (Wildman–Crippen MR) is 112 cm³/mol. The minimum atomic E-state index is -0.449. The third-order valence-electron chi connectivity index (χ3n) is 5.62. The molecule has 0 fully saturated rings. The number of fused-ring (bicyclic) bond motifs is 2. The molecule has 1 heterocycles. The van der Waals surface area contributed by atoms with Gasteiger partial charge in [-0.1, -0.05) is 18.2 Å². The van der Waals surface area contributed by atoms with Gasteiger partial charge in [0.1, 0.15) is 5.82 Å². The summed E-state index contributed by atoms with van der Waals surface area (Å²) < 4.78 is 4.75. The van der Waals surface area contributed by atoms with Gasteiger partial charge in [-0.2, -0.15) is 0 Å². The third-order valence-corrected chi connectivity index (χ3v) is 5.62.